The van der Waals surface area contributed by atoms with Gasteiger partial charge in [-0.1, -0.05) is 66.7 Å². The largest absolute Gasteiger partial charge is 0.451 e. The van der Waals surface area contributed by atoms with Crippen molar-refractivity contribution in [2.45, 2.75) is 18.2 Å². The van der Waals surface area contributed by atoms with Crippen LogP contribution in [-0.4, -0.2) is 18.0 Å². The molecule has 148 valence electrons. The van der Waals surface area contributed by atoms with Gasteiger partial charge in [-0.3, -0.25) is 4.79 Å². The number of carbonyl (C=O) groups is 2. The molecule has 3 aromatic rings. The number of nitrogens with one attached hydrogen (secondary N) is 1. The maximum absolute atomic E-state index is 14.0. The van der Waals surface area contributed by atoms with Crippen molar-refractivity contribution in [1.82, 2.24) is 0 Å². The Hall–Kier alpha value is -3.86. The monoisotopic (exact) mass is 396 g/mol. The lowest BCUT2D eigenvalue weighted by Crippen LogP contribution is -2.53. The second-order valence-corrected chi connectivity index (χ2v) is 7.41. The molecule has 1 amide bonds. The van der Waals surface area contributed by atoms with E-state index in [1.54, 1.807) is 11.0 Å². The van der Waals surface area contributed by atoms with E-state index in [-0.39, 0.29) is 5.91 Å². The predicted octanol–water partition coefficient (Wildman–Crippen LogP) is 4.02. The number of fused-ring (bicyclic) bond motifs is 1. The summed E-state index contributed by atoms with van der Waals surface area (Å²) in [5, 5.41) is 3.42. The fraction of sp³-hybridized carbons (Fsp3) is 0.120. The van der Waals surface area contributed by atoms with Gasteiger partial charge >= 0.3 is 5.97 Å². The van der Waals surface area contributed by atoms with E-state index in [0.29, 0.717) is 6.54 Å². The summed E-state index contributed by atoms with van der Waals surface area (Å²) in [5.74, 6) is -0.596. The standard InChI is InChI=1S/C25H20N2O3/c28-23-16-15-22(30-23)25(26-19-11-5-2-6-12-19)20-13-7-8-14-21(20)27(24(25)29)17-18-9-3-1-4-10-18/h1-16,22,26H,17H2/t22-,25-/m0/s1. The first-order chi connectivity index (χ1) is 14.7. The minimum absolute atomic E-state index is 0.152. The zero-order chi connectivity index (χ0) is 20.6. The number of hydrogen-bond donors (Lipinski definition) is 1. The van der Waals surface area contributed by atoms with Gasteiger partial charge in [-0.05, 0) is 29.8 Å². The molecule has 0 radical (unpaired) electrons. The van der Waals surface area contributed by atoms with Gasteiger partial charge in [-0.15, -0.1) is 0 Å². The lowest BCUT2D eigenvalue weighted by atomic mass is 9.85. The number of cyclic esters (lactones) is 1. The van der Waals surface area contributed by atoms with Crippen LogP contribution in [0.2, 0.25) is 0 Å². The van der Waals surface area contributed by atoms with E-state index in [1.165, 1.54) is 6.08 Å². The van der Waals surface area contributed by atoms with Crippen LogP contribution in [-0.2, 0) is 26.4 Å². The summed E-state index contributed by atoms with van der Waals surface area (Å²) in [5.41, 5.74) is 2.16. The van der Waals surface area contributed by atoms with E-state index in [2.05, 4.69) is 5.32 Å². The van der Waals surface area contributed by atoms with Crippen molar-refractivity contribution in [1.29, 1.82) is 0 Å². The van der Waals surface area contributed by atoms with Crippen LogP contribution in [0.1, 0.15) is 11.1 Å². The number of carbonyl (C=O) groups excluding carboxylic acids is 2. The van der Waals surface area contributed by atoms with Crippen LogP contribution in [0.15, 0.2) is 97.1 Å². The summed E-state index contributed by atoms with van der Waals surface area (Å²) in [6, 6.07) is 27.1. The van der Waals surface area contributed by atoms with Gasteiger partial charge in [0.2, 0.25) is 0 Å². The van der Waals surface area contributed by atoms with Crippen LogP contribution in [0.5, 0.6) is 0 Å². The van der Waals surface area contributed by atoms with Crippen molar-refractivity contribution < 1.29 is 14.3 Å². The van der Waals surface area contributed by atoms with E-state index in [4.69, 9.17) is 4.74 Å². The van der Waals surface area contributed by atoms with Crippen molar-refractivity contribution in [2.75, 3.05) is 10.2 Å². The molecule has 0 saturated carbocycles. The predicted molar refractivity (Wildman–Crippen MR) is 115 cm³/mol. The van der Waals surface area contributed by atoms with Crippen molar-refractivity contribution in [3.63, 3.8) is 0 Å². The number of nitrogens with zero attached hydrogens (tertiary/aromatic N) is 1. The number of hydrogen-bond acceptors (Lipinski definition) is 4. The number of amides is 1. The minimum atomic E-state index is -1.24. The molecule has 2 aliphatic rings. The fourth-order valence-electron chi connectivity index (χ4n) is 4.22. The van der Waals surface area contributed by atoms with E-state index in [0.717, 1.165) is 22.5 Å². The molecule has 0 spiro atoms. The van der Waals surface area contributed by atoms with Crippen LogP contribution < -0.4 is 10.2 Å². The molecule has 5 heteroatoms. The summed E-state index contributed by atoms with van der Waals surface area (Å²) >= 11 is 0. The SMILES string of the molecule is O=C1C=C[C@@H]([C@]2(Nc3ccccc3)C(=O)N(Cc3ccccc3)c3ccccc32)O1. The molecule has 30 heavy (non-hydrogen) atoms. The Morgan fingerprint density at radius 3 is 2.23 bits per heavy atom. The van der Waals surface area contributed by atoms with Gasteiger partial charge in [0.1, 0.15) is 0 Å². The quantitative estimate of drug-likeness (QED) is 0.662. The van der Waals surface area contributed by atoms with Gasteiger partial charge < -0.3 is 15.0 Å². The van der Waals surface area contributed by atoms with Crippen molar-refractivity contribution >= 4 is 23.3 Å². The van der Waals surface area contributed by atoms with Gasteiger partial charge in [0.05, 0.1) is 12.2 Å². The number of ether oxygens (including phenoxy) is 1. The lowest BCUT2D eigenvalue weighted by molar-refractivity contribution is -0.143. The van der Waals surface area contributed by atoms with Crippen LogP contribution >= 0.6 is 0 Å². The molecule has 5 nitrogen and oxygen atoms in total. The highest BCUT2D eigenvalue weighted by molar-refractivity contribution is 6.10. The lowest BCUT2D eigenvalue weighted by Gasteiger charge is -2.34. The highest BCUT2D eigenvalue weighted by atomic mass is 16.5. The van der Waals surface area contributed by atoms with Crippen LogP contribution in [0, 0.1) is 0 Å². The van der Waals surface area contributed by atoms with E-state index in [1.807, 2.05) is 84.9 Å². The number of esters is 1. The summed E-state index contributed by atoms with van der Waals surface area (Å²) in [6.07, 6.45) is 2.30. The molecular weight excluding hydrogens is 376 g/mol. The third-order valence-corrected chi connectivity index (χ3v) is 5.58. The summed E-state index contributed by atoms with van der Waals surface area (Å²) < 4.78 is 5.59. The average Bonchev–Trinajstić information content (AvgIpc) is 3.32. The summed E-state index contributed by atoms with van der Waals surface area (Å²) in [6.45, 7) is 0.430. The highest BCUT2D eigenvalue weighted by Gasteiger charge is 2.57. The average molecular weight is 396 g/mol. The van der Waals surface area contributed by atoms with Crippen LogP contribution in [0.3, 0.4) is 0 Å². The molecule has 0 fully saturated rings. The molecule has 2 aliphatic heterocycles. The molecule has 5 rings (SSSR count). The second-order valence-electron chi connectivity index (χ2n) is 7.41. The van der Waals surface area contributed by atoms with Gasteiger partial charge in [0.15, 0.2) is 11.6 Å². The first-order valence-electron chi connectivity index (χ1n) is 9.86. The third kappa shape index (κ3) is 2.87. The Balaban J connectivity index is 1.65. The Bertz CT molecular complexity index is 1130. The van der Waals surface area contributed by atoms with Gasteiger partial charge in [-0.25, -0.2) is 4.79 Å². The van der Waals surface area contributed by atoms with Gasteiger partial charge in [0, 0.05) is 17.3 Å². The van der Waals surface area contributed by atoms with E-state index >= 15 is 0 Å². The molecule has 0 aromatic heterocycles. The third-order valence-electron chi connectivity index (χ3n) is 5.58. The zero-order valence-electron chi connectivity index (χ0n) is 16.2. The van der Waals surface area contributed by atoms with Crippen molar-refractivity contribution in [2.24, 2.45) is 0 Å². The minimum Gasteiger partial charge on any atom is -0.451 e. The maximum Gasteiger partial charge on any atom is 0.331 e. The van der Waals surface area contributed by atoms with E-state index < -0.39 is 17.6 Å². The summed E-state index contributed by atoms with van der Waals surface area (Å²) in [4.78, 5) is 27.7. The van der Waals surface area contributed by atoms with Gasteiger partial charge in [-0.2, -0.15) is 0 Å². The second kappa shape index (κ2) is 7.19. The number of rotatable bonds is 5. The highest BCUT2D eigenvalue weighted by Crippen LogP contribution is 2.47. The molecule has 0 saturated heterocycles. The van der Waals surface area contributed by atoms with Crippen molar-refractivity contribution in [3.05, 3.63) is 108 Å². The molecule has 0 unspecified atom stereocenters. The first-order valence-corrected chi connectivity index (χ1v) is 9.86. The fourth-order valence-corrected chi connectivity index (χ4v) is 4.22. The molecule has 0 aliphatic carbocycles. The molecule has 0 bridgehead atoms. The number of benzene rings is 3. The Kier molecular flexibility index (Phi) is 4.36. The molecular formula is C25H20N2O3. The van der Waals surface area contributed by atoms with Crippen LogP contribution in [0.4, 0.5) is 11.4 Å². The number of para-hydroxylation sites is 2. The Labute approximate surface area is 174 Å². The molecule has 2 atom stereocenters. The van der Waals surface area contributed by atoms with Crippen LogP contribution in [0.25, 0.3) is 0 Å². The zero-order valence-corrected chi connectivity index (χ0v) is 16.2. The molecule has 1 N–H and O–H groups in total. The smallest absolute Gasteiger partial charge is 0.331 e. The van der Waals surface area contributed by atoms with Gasteiger partial charge in [0.25, 0.3) is 5.91 Å². The van der Waals surface area contributed by atoms with Crippen molar-refractivity contribution in [3.8, 4) is 0 Å². The molecule has 2 heterocycles. The Morgan fingerprint density at radius 1 is 0.867 bits per heavy atom. The summed E-state index contributed by atoms with van der Waals surface area (Å²) in [7, 11) is 0. The van der Waals surface area contributed by atoms with E-state index in [9.17, 15) is 9.59 Å². The normalized spacial score (nSPS) is 22.1. The number of anilines is 2. The maximum atomic E-state index is 14.0. The molecule has 3 aromatic carbocycles. The Morgan fingerprint density at radius 2 is 1.53 bits per heavy atom. The topological polar surface area (TPSA) is 58.6 Å². The first kappa shape index (κ1) is 18.2.